The molecule has 0 saturated heterocycles. The summed E-state index contributed by atoms with van der Waals surface area (Å²) in [6.07, 6.45) is 28.6. The van der Waals surface area contributed by atoms with E-state index in [1.54, 1.807) is 0 Å². The first-order valence-electron chi connectivity index (χ1n) is 22.8. The van der Waals surface area contributed by atoms with Crippen LogP contribution < -0.4 is 0 Å². The molecule has 5 rings (SSSR count). The maximum absolute atomic E-state index is 13.6. The van der Waals surface area contributed by atoms with Crippen molar-refractivity contribution in [3.8, 4) is 0 Å². The molecule has 5 aliphatic carbocycles. The van der Waals surface area contributed by atoms with Gasteiger partial charge in [0.25, 0.3) is 0 Å². The number of aliphatic hydroxyl groups excluding tert-OH is 1. The van der Waals surface area contributed by atoms with Crippen molar-refractivity contribution in [1.82, 2.24) is 0 Å². The van der Waals surface area contributed by atoms with Crippen molar-refractivity contribution in [1.29, 1.82) is 0 Å². The van der Waals surface area contributed by atoms with Gasteiger partial charge in [-0.3, -0.25) is 0 Å². The van der Waals surface area contributed by atoms with Crippen LogP contribution in [0.4, 0.5) is 0 Å². The smallest absolute Gasteiger partial charge is 0.362 e. The van der Waals surface area contributed by atoms with Crippen LogP contribution in [0.5, 0.6) is 0 Å². The molecule has 52 heavy (non-hydrogen) atoms. The zero-order valence-electron chi connectivity index (χ0n) is 36.1. The lowest BCUT2D eigenvalue weighted by Gasteiger charge is -2.73. The van der Waals surface area contributed by atoms with Crippen LogP contribution >= 0.6 is 0 Å². The van der Waals surface area contributed by atoms with Crippen molar-refractivity contribution in [3.63, 3.8) is 0 Å². The molecule has 0 aromatic heterocycles. The predicted octanol–water partition coefficient (Wildman–Crippen LogP) is 12.3. The standard InChI is InChI=1S/C48H86NO3/c1-11-12-13-14-15-16-17-18-19-20-21-22-33-49(9,10)34-42(51)52-41-27-28-45(6)39(44(41,4)5)26-29-47(8)40(45)24-23-38-43-37(36(2)3)25-30-48(43,35-50)32-31-46(38,47)7/h37-41,43,50H,2,11-35H2,1,3-10H3/q+1/t37?,38?,39?,40?,41-,43?,45-,46+,47+,48+/m0/s1. The molecule has 0 amide bonds. The van der Waals surface area contributed by atoms with Gasteiger partial charge in [0.2, 0.25) is 0 Å². The maximum Gasteiger partial charge on any atom is 0.362 e. The van der Waals surface area contributed by atoms with E-state index in [0.717, 1.165) is 17.4 Å². The van der Waals surface area contributed by atoms with Crippen molar-refractivity contribution >= 4 is 5.97 Å². The molecule has 4 heteroatoms. The van der Waals surface area contributed by atoms with Crippen LogP contribution in [0.3, 0.4) is 0 Å². The normalized spacial score (nSPS) is 39.6. The highest BCUT2D eigenvalue weighted by molar-refractivity contribution is 5.70. The second-order valence-corrected chi connectivity index (χ2v) is 21.8. The summed E-state index contributed by atoms with van der Waals surface area (Å²) in [6.45, 7) is 23.9. The molecule has 0 aromatic rings. The van der Waals surface area contributed by atoms with E-state index in [9.17, 15) is 9.90 Å². The van der Waals surface area contributed by atoms with E-state index in [0.29, 0.717) is 53.6 Å². The number of hydrogen-bond donors (Lipinski definition) is 1. The number of likely N-dealkylation sites (N-methyl/N-ethyl adjacent to an activating group) is 1. The molecule has 5 saturated carbocycles. The number of quaternary nitrogens is 1. The molecule has 1 N–H and O–H groups in total. The van der Waals surface area contributed by atoms with Gasteiger partial charge in [0, 0.05) is 12.0 Å². The Bertz CT molecular complexity index is 1210. The first-order chi connectivity index (χ1) is 24.5. The Kier molecular flexibility index (Phi) is 13.6. The zero-order chi connectivity index (χ0) is 38.0. The summed E-state index contributed by atoms with van der Waals surface area (Å²) in [7, 11) is 4.45. The lowest BCUT2D eigenvalue weighted by molar-refractivity contribution is -0.883. The fourth-order valence-electron chi connectivity index (χ4n) is 14.8. The van der Waals surface area contributed by atoms with Crippen molar-refractivity contribution in [2.45, 2.75) is 196 Å². The molecule has 0 aromatic carbocycles. The molecule has 4 nitrogen and oxygen atoms in total. The van der Waals surface area contributed by atoms with Crippen LogP contribution in [0.25, 0.3) is 0 Å². The lowest BCUT2D eigenvalue weighted by atomic mass is 9.32. The average molecular weight is 725 g/mol. The third-order valence-corrected chi connectivity index (χ3v) is 17.9. The summed E-state index contributed by atoms with van der Waals surface area (Å²) >= 11 is 0. The van der Waals surface area contributed by atoms with Crippen molar-refractivity contribution in [2.75, 3.05) is 33.8 Å². The highest BCUT2D eigenvalue weighted by atomic mass is 16.5. The Morgan fingerprint density at radius 1 is 0.731 bits per heavy atom. The van der Waals surface area contributed by atoms with E-state index in [1.165, 1.54) is 140 Å². The monoisotopic (exact) mass is 725 g/mol. The van der Waals surface area contributed by atoms with Gasteiger partial charge in [-0.2, -0.15) is 0 Å². The van der Waals surface area contributed by atoms with Crippen molar-refractivity contribution < 1.29 is 19.1 Å². The highest BCUT2D eigenvalue weighted by Gasteiger charge is 2.71. The largest absolute Gasteiger partial charge is 0.458 e. The first-order valence-corrected chi connectivity index (χ1v) is 22.8. The van der Waals surface area contributed by atoms with Gasteiger partial charge in [-0.1, -0.05) is 118 Å². The number of aliphatic hydroxyl groups is 1. The van der Waals surface area contributed by atoms with E-state index < -0.39 is 0 Å². The summed E-state index contributed by atoms with van der Waals surface area (Å²) in [5.41, 5.74) is 2.32. The molecule has 5 unspecified atom stereocenters. The second kappa shape index (κ2) is 16.7. The molecule has 5 fully saturated rings. The molecular weight excluding hydrogens is 639 g/mol. The van der Waals surface area contributed by atoms with Gasteiger partial charge in [0.1, 0.15) is 6.10 Å². The first kappa shape index (κ1) is 42.3. The van der Waals surface area contributed by atoms with Gasteiger partial charge in [0.05, 0.1) is 20.6 Å². The Balaban J connectivity index is 1.13. The number of esters is 1. The number of carbonyl (C=O) groups is 1. The highest BCUT2D eigenvalue weighted by Crippen LogP contribution is 2.77. The van der Waals surface area contributed by atoms with E-state index in [1.807, 2.05) is 0 Å². The second-order valence-electron chi connectivity index (χ2n) is 21.8. The number of allylic oxidation sites excluding steroid dienone is 1. The fraction of sp³-hybridized carbons (Fsp3) is 0.938. The van der Waals surface area contributed by atoms with Gasteiger partial charge in [-0.05, 0) is 135 Å². The average Bonchev–Trinajstić information content (AvgIpc) is 3.47. The Hall–Kier alpha value is -0.870. The molecule has 300 valence electrons. The van der Waals surface area contributed by atoms with E-state index >= 15 is 0 Å². The van der Waals surface area contributed by atoms with Crippen LogP contribution in [-0.2, 0) is 9.53 Å². The summed E-state index contributed by atoms with van der Waals surface area (Å²) in [5, 5.41) is 10.9. The van der Waals surface area contributed by atoms with Gasteiger partial charge >= 0.3 is 5.97 Å². The SMILES string of the molecule is C=C(C)C1CC[C@]2(CO)CC[C@]3(C)C(CCC4[C@@]5(C)CC[C@H](OC(=O)C[N+](C)(C)CCCCCCCCCCCCCC)C(C)(C)C5CC[C@]43C)C12. The van der Waals surface area contributed by atoms with Gasteiger partial charge in [-0.25, -0.2) is 4.79 Å². The third-order valence-electron chi connectivity index (χ3n) is 17.9. The molecular formula is C48H86NO3+. The number of nitrogens with zero attached hydrogens (tertiary/aromatic N) is 1. The number of rotatable bonds is 18. The summed E-state index contributed by atoms with van der Waals surface area (Å²) in [5.74, 6) is 3.13. The number of unbranched alkanes of at least 4 members (excludes halogenated alkanes) is 11. The minimum Gasteiger partial charge on any atom is -0.458 e. The summed E-state index contributed by atoms with van der Waals surface area (Å²) in [4.78, 5) is 13.6. The molecule has 0 radical (unpaired) electrons. The third kappa shape index (κ3) is 8.02. The topological polar surface area (TPSA) is 46.5 Å². The van der Waals surface area contributed by atoms with Gasteiger partial charge < -0.3 is 14.3 Å². The number of carbonyl (C=O) groups excluding carboxylic acids is 1. The van der Waals surface area contributed by atoms with Crippen molar-refractivity contribution in [3.05, 3.63) is 12.2 Å². The molecule has 0 aliphatic heterocycles. The minimum atomic E-state index is -0.0243. The van der Waals surface area contributed by atoms with E-state index in [2.05, 4.69) is 69.1 Å². The molecule has 5 aliphatic rings. The molecule has 0 spiro atoms. The Labute approximate surface area is 322 Å². The van der Waals surface area contributed by atoms with Crippen LogP contribution in [0.2, 0.25) is 0 Å². The number of hydrogen-bond acceptors (Lipinski definition) is 3. The van der Waals surface area contributed by atoms with E-state index in [4.69, 9.17) is 4.74 Å². The summed E-state index contributed by atoms with van der Waals surface area (Å²) < 4.78 is 7.27. The van der Waals surface area contributed by atoms with Crippen LogP contribution in [0.1, 0.15) is 190 Å². The maximum atomic E-state index is 13.6. The van der Waals surface area contributed by atoms with Crippen LogP contribution in [0.15, 0.2) is 12.2 Å². The van der Waals surface area contributed by atoms with Gasteiger partial charge in [0.15, 0.2) is 6.54 Å². The quantitative estimate of drug-likeness (QED) is 0.0662. The van der Waals surface area contributed by atoms with Crippen LogP contribution in [0, 0.1) is 56.7 Å². The lowest BCUT2D eigenvalue weighted by Crippen LogP contribution is -2.67. The fourth-order valence-corrected chi connectivity index (χ4v) is 14.8. The molecule has 10 atom stereocenters. The van der Waals surface area contributed by atoms with E-state index in [-0.39, 0.29) is 28.3 Å². The van der Waals surface area contributed by atoms with Gasteiger partial charge in [-0.15, -0.1) is 0 Å². The minimum absolute atomic E-state index is 0.00988. The zero-order valence-corrected chi connectivity index (χ0v) is 36.1. The number of ether oxygens (including phenoxy) is 1. The summed E-state index contributed by atoms with van der Waals surface area (Å²) in [6, 6.07) is 0. The predicted molar refractivity (Wildman–Crippen MR) is 219 cm³/mol. The molecule has 0 heterocycles. The molecule has 0 bridgehead atoms. The Morgan fingerprint density at radius 2 is 1.35 bits per heavy atom. The van der Waals surface area contributed by atoms with Crippen LogP contribution in [-0.4, -0.2) is 55.5 Å². The Morgan fingerprint density at radius 3 is 1.94 bits per heavy atom. The van der Waals surface area contributed by atoms with Crippen molar-refractivity contribution in [2.24, 2.45) is 56.7 Å². The number of fused-ring (bicyclic) bond motifs is 7.